The highest BCUT2D eigenvalue weighted by Gasteiger charge is 2.27. The first-order valence-electron chi connectivity index (χ1n) is 8.06. The third kappa shape index (κ3) is 10.3. The van der Waals surface area contributed by atoms with Gasteiger partial charge in [-0.05, 0) is 30.6 Å². The predicted molar refractivity (Wildman–Crippen MR) is 83.8 cm³/mol. The Kier molecular flexibility index (Phi) is 10.1. The van der Waals surface area contributed by atoms with Crippen LogP contribution < -0.4 is 0 Å². The summed E-state index contributed by atoms with van der Waals surface area (Å²) < 4.78 is 10.5. The summed E-state index contributed by atoms with van der Waals surface area (Å²) in [4.78, 5) is 23.8. The van der Waals surface area contributed by atoms with E-state index in [-0.39, 0.29) is 24.3 Å². The fraction of sp³-hybridized carbons (Fsp3) is 0.882. The third-order valence-electron chi connectivity index (χ3n) is 3.39. The van der Waals surface area contributed by atoms with Crippen LogP contribution in [0.2, 0.25) is 0 Å². The Balaban J connectivity index is 4.22. The predicted octanol–water partition coefficient (Wildman–Crippen LogP) is 3.83. The van der Waals surface area contributed by atoms with Crippen molar-refractivity contribution in [3.63, 3.8) is 0 Å². The highest BCUT2D eigenvalue weighted by molar-refractivity contribution is 5.80. The normalized spacial score (nSPS) is 12.8. The number of hydrogen-bond donors (Lipinski definition) is 0. The monoisotopic (exact) mass is 300 g/mol. The lowest BCUT2D eigenvalue weighted by molar-refractivity contribution is -0.157. The average molecular weight is 300 g/mol. The SMILES string of the molecule is CC(C)CCOC(=O)CC(C(=O)OCCC(C)C)C(C)C. The van der Waals surface area contributed by atoms with Crippen molar-refractivity contribution in [2.24, 2.45) is 23.7 Å². The first kappa shape index (κ1) is 19.9. The Morgan fingerprint density at radius 3 is 1.71 bits per heavy atom. The molecule has 4 heteroatoms. The molecule has 0 spiro atoms. The Morgan fingerprint density at radius 1 is 0.810 bits per heavy atom. The molecule has 0 aliphatic rings. The molecular weight excluding hydrogens is 268 g/mol. The van der Waals surface area contributed by atoms with Crippen LogP contribution in [0.15, 0.2) is 0 Å². The molecule has 0 aliphatic heterocycles. The van der Waals surface area contributed by atoms with Gasteiger partial charge in [-0.25, -0.2) is 0 Å². The zero-order valence-corrected chi connectivity index (χ0v) is 14.5. The Labute approximate surface area is 129 Å². The minimum absolute atomic E-state index is 0.0641. The molecule has 0 saturated heterocycles. The number of ether oxygens (including phenoxy) is 2. The minimum atomic E-state index is -0.413. The van der Waals surface area contributed by atoms with Gasteiger partial charge in [0.15, 0.2) is 0 Å². The standard InChI is InChI=1S/C17H32O4/c1-12(2)7-9-20-16(18)11-15(14(5)6)17(19)21-10-8-13(3)4/h12-15H,7-11H2,1-6H3. The highest BCUT2D eigenvalue weighted by atomic mass is 16.5. The van der Waals surface area contributed by atoms with Gasteiger partial charge in [0.05, 0.1) is 25.6 Å². The average Bonchev–Trinajstić information content (AvgIpc) is 2.34. The number of esters is 2. The topological polar surface area (TPSA) is 52.6 Å². The maximum absolute atomic E-state index is 12.1. The van der Waals surface area contributed by atoms with Gasteiger partial charge in [-0.1, -0.05) is 41.5 Å². The van der Waals surface area contributed by atoms with E-state index in [0.29, 0.717) is 25.0 Å². The fourth-order valence-corrected chi connectivity index (χ4v) is 1.74. The van der Waals surface area contributed by atoms with Crippen LogP contribution in [0.25, 0.3) is 0 Å². The van der Waals surface area contributed by atoms with Gasteiger partial charge in [0.25, 0.3) is 0 Å². The van der Waals surface area contributed by atoms with Crippen molar-refractivity contribution in [3.8, 4) is 0 Å². The molecule has 124 valence electrons. The first-order chi connectivity index (χ1) is 9.73. The molecule has 0 saturated carbocycles. The molecular formula is C17H32O4. The van der Waals surface area contributed by atoms with Crippen molar-refractivity contribution >= 4 is 11.9 Å². The van der Waals surface area contributed by atoms with Gasteiger partial charge < -0.3 is 9.47 Å². The van der Waals surface area contributed by atoms with Gasteiger partial charge in [-0.15, -0.1) is 0 Å². The molecule has 0 radical (unpaired) electrons. The largest absolute Gasteiger partial charge is 0.466 e. The van der Waals surface area contributed by atoms with E-state index in [9.17, 15) is 9.59 Å². The van der Waals surface area contributed by atoms with Gasteiger partial charge in [0.2, 0.25) is 0 Å². The van der Waals surface area contributed by atoms with Crippen LogP contribution in [0.3, 0.4) is 0 Å². The van der Waals surface area contributed by atoms with E-state index in [4.69, 9.17) is 9.47 Å². The smallest absolute Gasteiger partial charge is 0.309 e. The van der Waals surface area contributed by atoms with Crippen LogP contribution in [0.1, 0.15) is 60.8 Å². The van der Waals surface area contributed by atoms with Gasteiger partial charge in [0.1, 0.15) is 0 Å². The lowest BCUT2D eigenvalue weighted by Gasteiger charge is -2.19. The Hall–Kier alpha value is -1.06. The molecule has 0 aromatic carbocycles. The summed E-state index contributed by atoms with van der Waals surface area (Å²) in [5.41, 5.74) is 0. The van der Waals surface area contributed by atoms with Crippen LogP contribution in [-0.4, -0.2) is 25.2 Å². The number of carbonyl (C=O) groups is 2. The van der Waals surface area contributed by atoms with Crippen molar-refractivity contribution in [2.75, 3.05) is 13.2 Å². The zero-order valence-electron chi connectivity index (χ0n) is 14.5. The van der Waals surface area contributed by atoms with Crippen molar-refractivity contribution in [2.45, 2.75) is 60.8 Å². The van der Waals surface area contributed by atoms with Gasteiger partial charge >= 0.3 is 11.9 Å². The van der Waals surface area contributed by atoms with Crippen LogP contribution in [0, 0.1) is 23.7 Å². The van der Waals surface area contributed by atoms with E-state index in [1.54, 1.807) is 0 Å². The van der Waals surface area contributed by atoms with E-state index in [1.165, 1.54) is 0 Å². The number of carbonyl (C=O) groups excluding carboxylic acids is 2. The van der Waals surface area contributed by atoms with Crippen molar-refractivity contribution < 1.29 is 19.1 Å². The summed E-state index contributed by atoms with van der Waals surface area (Å²) in [5.74, 6) is 0.0514. The van der Waals surface area contributed by atoms with Crippen LogP contribution >= 0.6 is 0 Å². The molecule has 0 aliphatic carbocycles. The molecule has 0 aromatic heterocycles. The zero-order chi connectivity index (χ0) is 16.4. The van der Waals surface area contributed by atoms with Gasteiger partial charge in [-0.2, -0.15) is 0 Å². The summed E-state index contributed by atoms with van der Waals surface area (Å²) in [6.45, 7) is 13.0. The molecule has 21 heavy (non-hydrogen) atoms. The van der Waals surface area contributed by atoms with Gasteiger partial charge in [0, 0.05) is 0 Å². The lowest BCUT2D eigenvalue weighted by atomic mass is 9.92. The quantitative estimate of drug-likeness (QED) is 0.575. The van der Waals surface area contributed by atoms with E-state index in [0.717, 1.165) is 12.8 Å². The maximum atomic E-state index is 12.1. The second-order valence-corrected chi connectivity index (χ2v) is 6.81. The summed E-state index contributed by atoms with van der Waals surface area (Å²) in [7, 11) is 0. The molecule has 0 fully saturated rings. The molecule has 1 unspecified atom stereocenters. The van der Waals surface area contributed by atoms with E-state index in [2.05, 4.69) is 27.7 Å². The van der Waals surface area contributed by atoms with Crippen LogP contribution in [-0.2, 0) is 19.1 Å². The van der Waals surface area contributed by atoms with E-state index < -0.39 is 5.92 Å². The van der Waals surface area contributed by atoms with Crippen LogP contribution in [0.5, 0.6) is 0 Å². The van der Waals surface area contributed by atoms with E-state index >= 15 is 0 Å². The summed E-state index contributed by atoms with van der Waals surface area (Å²) in [6, 6.07) is 0. The molecule has 1 atom stereocenters. The van der Waals surface area contributed by atoms with E-state index in [1.807, 2.05) is 13.8 Å². The third-order valence-corrected chi connectivity index (χ3v) is 3.39. The van der Waals surface area contributed by atoms with Crippen molar-refractivity contribution in [1.29, 1.82) is 0 Å². The molecule has 0 aromatic rings. The minimum Gasteiger partial charge on any atom is -0.466 e. The van der Waals surface area contributed by atoms with Crippen LogP contribution in [0.4, 0.5) is 0 Å². The number of rotatable bonds is 10. The fourth-order valence-electron chi connectivity index (χ4n) is 1.74. The van der Waals surface area contributed by atoms with Crippen molar-refractivity contribution in [1.82, 2.24) is 0 Å². The Morgan fingerprint density at radius 2 is 1.29 bits per heavy atom. The molecule has 0 amide bonds. The maximum Gasteiger partial charge on any atom is 0.309 e. The second-order valence-electron chi connectivity index (χ2n) is 6.81. The molecule has 0 heterocycles. The summed E-state index contributed by atoms with van der Waals surface area (Å²) in [5, 5.41) is 0. The molecule has 0 rings (SSSR count). The van der Waals surface area contributed by atoms with Crippen molar-refractivity contribution in [3.05, 3.63) is 0 Å². The Bertz CT molecular complexity index is 308. The van der Waals surface area contributed by atoms with Gasteiger partial charge in [-0.3, -0.25) is 9.59 Å². The summed E-state index contributed by atoms with van der Waals surface area (Å²) >= 11 is 0. The molecule has 4 nitrogen and oxygen atoms in total. The molecule has 0 bridgehead atoms. The molecule has 0 N–H and O–H groups in total. The summed E-state index contributed by atoms with van der Waals surface area (Å²) in [6.07, 6.45) is 1.79. The lowest BCUT2D eigenvalue weighted by Crippen LogP contribution is -2.27. The highest BCUT2D eigenvalue weighted by Crippen LogP contribution is 2.18. The number of hydrogen-bond acceptors (Lipinski definition) is 4. The first-order valence-corrected chi connectivity index (χ1v) is 8.06. The second kappa shape index (κ2) is 10.6.